The molecule has 0 saturated carbocycles. The number of fused-ring (bicyclic) bond motifs is 2. The van der Waals surface area contributed by atoms with E-state index in [0.29, 0.717) is 22.3 Å². The van der Waals surface area contributed by atoms with Gasteiger partial charge in [-0.25, -0.2) is 0 Å². The summed E-state index contributed by atoms with van der Waals surface area (Å²) in [6.45, 7) is 8.40. The molecular weight excluding hydrogens is 512 g/mol. The molecule has 0 saturated heterocycles. The molecule has 7 rings (SSSR count). The van der Waals surface area contributed by atoms with E-state index < -0.39 is 5.41 Å². The van der Waals surface area contributed by atoms with Gasteiger partial charge in [-0.3, -0.25) is 4.79 Å². The van der Waals surface area contributed by atoms with Crippen molar-refractivity contribution in [3.05, 3.63) is 187 Å². The first kappa shape index (κ1) is 26.0. The van der Waals surface area contributed by atoms with Crippen molar-refractivity contribution in [1.82, 2.24) is 0 Å². The Morgan fingerprint density at radius 2 is 0.976 bits per heavy atom. The maximum Gasteiger partial charge on any atom is 0.200 e. The van der Waals surface area contributed by atoms with Gasteiger partial charge in [-0.15, -0.1) is 0 Å². The number of hydrogen-bond acceptors (Lipinski definition) is 2. The zero-order valence-corrected chi connectivity index (χ0v) is 24.4. The van der Waals surface area contributed by atoms with Crippen molar-refractivity contribution in [1.29, 1.82) is 0 Å². The molecule has 0 aliphatic heterocycles. The summed E-state index contributed by atoms with van der Waals surface area (Å²) in [6, 6.07) is 42.2. The molecule has 204 valence electrons. The monoisotopic (exact) mass is 544 g/mol. The summed E-state index contributed by atoms with van der Waals surface area (Å²) in [5, 5.41) is 0.590. The Morgan fingerprint density at radius 1 is 0.524 bits per heavy atom. The molecule has 0 spiro atoms. The van der Waals surface area contributed by atoms with E-state index in [9.17, 15) is 4.79 Å². The molecule has 2 nitrogen and oxygen atoms in total. The van der Waals surface area contributed by atoms with Crippen LogP contribution in [-0.2, 0) is 5.41 Å². The van der Waals surface area contributed by atoms with Gasteiger partial charge in [0, 0.05) is 5.57 Å². The van der Waals surface area contributed by atoms with E-state index in [2.05, 4.69) is 125 Å². The molecule has 1 heterocycles. The standard InChI is InChI=1S/C40H32O2/c1-25-9-17-29(18-10-25)35-36-38(41)33-7-5-6-8-34(33)42-39(36)40(31-21-13-27(3)14-22-31,32-23-15-28(4)16-24-32)37(35)30-19-11-26(2)12-20-30/h5-24H,1-4H3. The average Bonchev–Trinajstić information content (AvgIpc) is 3.30. The summed E-state index contributed by atoms with van der Waals surface area (Å²) in [7, 11) is 0. The van der Waals surface area contributed by atoms with E-state index >= 15 is 0 Å². The molecule has 0 N–H and O–H groups in total. The van der Waals surface area contributed by atoms with Gasteiger partial charge in [0.05, 0.1) is 10.9 Å². The van der Waals surface area contributed by atoms with Crippen molar-refractivity contribution in [3.63, 3.8) is 0 Å². The Bertz CT molecular complexity index is 1990. The van der Waals surface area contributed by atoms with Gasteiger partial charge < -0.3 is 4.42 Å². The highest BCUT2D eigenvalue weighted by Crippen LogP contribution is 2.59. The van der Waals surface area contributed by atoms with E-state index in [-0.39, 0.29) is 5.43 Å². The average molecular weight is 545 g/mol. The van der Waals surface area contributed by atoms with Crippen LogP contribution in [0.1, 0.15) is 55.8 Å². The third-order valence-electron chi connectivity index (χ3n) is 8.66. The lowest BCUT2D eigenvalue weighted by molar-refractivity contribution is 0.498. The zero-order valence-electron chi connectivity index (χ0n) is 24.4. The summed E-state index contributed by atoms with van der Waals surface area (Å²) < 4.78 is 6.98. The first-order valence-corrected chi connectivity index (χ1v) is 14.5. The molecule has 1 aromatic heterocycles. The van der Waals surface area contributed by atoms with Gasteiger partial charge in [-0.05, 0) is 67.7 Å². The van der Waals surface area contributed by atoms with Gasteiger partial charge in [-0.2, -0.15) is 0 Å². The van der Waals surface area contributed by atoms with Crippen LogP contribution in [0, 0.1) is 27.7 Å². The predicted octanol–water partition coefficient (Wildman–Crippen LogP) is 9.33. The Hall–Kier alpha value is -4.95. The highest BCUT2D eigenvalue weighted by molar-refractivity contribution is 6.11. The molecule has 0 radical (unpaired) electrons. The lowest BCUT2D eigenvalue weighted by Gasteiger charge is -2.35. The number of rotatable bonds is 4. The molecule has 0 amide bonds. The minimum Gasteiger partial charge on any atom is -0.458 e. The van der Waals surface area contributed by atoms with Crippen LogP contribution in [0.5, 0.6) is 0 Å². The number of para-hydroxylation sites is 1. The number of aryl methyl sites for hydroxylation is 4. The Morgan fingerprint density at radius 3 is 1.50 bits per heavy atom. The van der Waals surface area contributed by atoms with E-state index in [1.54, 1.807) is 0 Å². The van der Waals surface area contributed by atoms with Gasteiger partial charge in [-0.1, -0.05) is 131 Å². The largest absolute Gasteiger partial charge is 0.458 e. The molecule has 0 bridgehead atoms. The molecule has 0 atom stereocenters. The predicted molar refractivity (Wildman–Crippen MR) is 173 cm³/mol. The molecule has 6 aromatic rings. The first-order valence-electron chi connectivity index (χ1n) is 14.5. The highest BCUT2D eigenvalue weighted by Gasteiger charge is 2.52. The molecule has 0 unspecified atom stereocenters. The first-order chi connectivity index (χ1) is 20.4. The van der Waals surface area contributed by atoms with Crippen molar-refractivity contribution < 1.29 is 4.42 Å². The van der Waals surface area contributed by atoms with Crippen LogP contribution in [0.15, 0.2) is 131 Å². The second-order valence-corrected chi connectivity index (χ2v) is 11.6. The second-order valence-electron chi connectivity index (χ2n) is 11.6. The van der Waals surface area contributed by atoms with Gasteiger partial charge in [0.2, 0.25) is 5.43 Å². The van der Waals surface area contributed by atoms with E-state index in [0.717, 1.165) is 33.4 Å². The lowest BCUT2D eigenvalue weighted by Crippen LogP contribution is -2.30. The van der Waals surface area contributed by atoms with Crippen LogP contribution in [-0.4, -0.2) is 0 Å². The van der Waals surface area contributed by atoms with Crippen LogP contribution in [0.4, 0.5) is 0 Å². The van der Waals surface area contributed by atoms with E-state index in [4.69, 9.17) is 4.42 Å². The van der Waals surface area contributed by atoms with Gasteiger partial charge in [0.25, 0.3) is 0 Å². The molecular formula is C40H32O2. The van der Waals surface area contributed by atoms with Crippen molar-refractivity contribution in [2.24, 2.45) is 0 Å². The maximum atomic E-state index is 14.7. The number of benzene rings is 5. The van der Waals surface area contributed by atoms with E-state index in [1.807, 2.05) is 24.3 Å². The van der Waals surface area contributed by atoms with Crippen LogP contribution < -0.4 is 5.43 Å². The molecule has 1 aliphatic rings. The van der Waals surface area contributed by atoms with Crippen molar-refractivity contribution >= 4 is 22.1 Å². The summed E-state index contributed by atoms with van der Waals surface area (Å²) in [4.78, 5) is 14.7. The van der Waals surface area contributed by atoms with Crippen LogP contribution in [0.2, 0.25) is 0 Å². The smallest absolute Gasteiger partial charge is 0.200 e. The molecule has 5 aromatic carbocycles. The van der Waals surface area contributed by atoms with Gasteiger partial charge in [0.15, 0.2) is 0 Å². The fourth-order valence-electron chi connectivity index (χ4n) is 6.47. The summed E-state index contributed by atoms with van der Waals surface area (Å²) >= 11 is 0. The van der Waals surface area contributed by atoms with Gasteiger partial charge in [0.1, 0.15) is 16.8 Å². The third-order valence-corrected chi connectivity index (χ3v) is 8.66. The van der Waals surface area contributed by atoms with Crippen LogP contribution >= 0.6 is 0 Å². The highest BCUT2D eigenvalue weighted by atomic mass is 16.3. The Kier molecular flexibility index (Phi) is 6.09. The minimum absolute atomic E-state index is 0.00636. The van der Waals surface area contributed by atoms with Crippen molar-refractivity contribution in [2.45, 2.75) is 33.1 Å². The quantitative estimate of drug-likeness (QED) is 0.221. The Labute approximate surface area is 246 Å². The number of allylic oxidation sites excluding steroid dienone is 1. The topological polar surface area (TPSA) is 30.2 Å². The lowest BCUT2D eigenvalue weighted by atomic mass is 9.67. The van der Waals surface area contributed by atoms with Crippen molar-refractivity contribution in [2.75, 3.05) is 0 Å². The molecule has 1 aliphatic carbocycles. The van der Waals surface area contributed by atoms with E-state index in [1.165, 1.54) is 22.3 Å². The summed E-state index contributed by atoms with van der Waals surface area (Å²) in [6.07, 6.45) is 0. The zero-order chi connectivity index (χ0) is 29.0. The molecule has 42 heavy (non-hydrogen) atoms. The number of hydrogen-bond donors (Lipinski definition) is 0. The fraction of sp³-hybridized carbons (Fsp3) is 0.125. The normalized spacial score (nSPS) is 13.9. The van der Waals surface area contributed by atoms with Crippen molar-refractivity contribution in [3.8, 4) is 0 Å². The summed E-state index contributed by atoms with van der Waals surface area (Å²) in [5.74, 6) is 0.671. The van der Waals surface area contributed by atoms with Crippen LogP contribution in [0.3, 0.4) is 0 Å². The van der Waals surface area contributed by atoms with Gasteiger partial charge >= 0.3 is 0 Å². The fourth-order valence-corrected chi connectivity index (χ4v) is 6.47. The Balaban J connectivity index is 1.76. The SMILES string of the molecule is Cc1ccc(C2=C(c3ccc(C)cc3)C(c3ccc(C)cc3)(c3ccc(C)cc3)c3oc4ccccc4c(=O)c32)cc1. The molecule has 0 fully saturated rings. The second kappa shape index (κ2) is 9.85. The minimum atomic E-state index is -0.866. The van der Waals surface area contributed by atoms with Crippen LogP contribution in [0.25, 0.3) is 22.1 Å². The summed E-state index contributed by atoms with van der Waals surface area (Å²) in [5.41, 5.74) is 11.2. The molecule has 2 heteroatoms. The maximum absolute atomic E-state index is 14.7. The third kappa shape index (κ3) is 3.90.